The topological polar surface area (TPSA) is 54.5 Å². The van der Waals surface area contributed by atoms with Gasteiger partial charge >= 0.3 is 5.97 Å². The van der Waals surface area contributed by atoms with E-state index in [9.17, 15) is 4.79 Å². The van der Waals surface area contributed by atoms with Crippen LogP contribution in [0.1, 0.15) is 12.6 Å². The molecular formula is C13H19N3O2. The van der Waals surface area contributed by atoms with Crippen molar-refractivity contribution >= 4 is 11.7 Å². The molecule has 0 aliphatic carbocycles. The Kier molecular flexibility index (Phi) is 4.15. The summed E-state index contributed by atoms with van der Waals surface area (Å²) in [6.07, 6.45) is 1.80. The molecule has 1 unspecified atom stereocenters. The third kappa shape index (κ3) is 2.98. The molecule has 5 nitrogen and oxygen atoms in total. The van der Waals surface area contributed by atoms with Crippen LogP contribution < -0.4 is 10.2 Å². The highest BCUT2D eigenvalue weighted by atomic mass is 16.5. The molecular weight excluding hydrogens is 230 g/mol. The number of esters is 1. The van der Waals surface area contributed by atoms with Crippen LogP contribution in [0.4, 0.5) is 5.69 Å². The first-order valence-electron chi connectivity index (χ1n) is 6.28. The Morgan fingerprint density at radius 2 is 2.50 bits per heavy atom. The normalized spacial score (nSPS) is 19.7. The van der Waals surface area contributed by atoms with Crippen molar-refractivity contribution in [3.63, 3.8) is 0 Å². The molecule has 0 bridgehead atoms. The van der Waals surface area contributed by atoms with Crippen molar-refractivity contribution in [2.45, 2.75) is 19.9 Å². The minimum Gasteiger partial charge on any atom is -0.465 e. The van der Waals surface area contributed by atoms with Crippen LogP contribution in [0.5, 0.6) is 0 Å². The average molecular weight is 249 g/mol. The van der Waals surface area contributed by atoms with Crippen molar-refractivity contribution in [1.82, 2.24) is 10.3 Å². The minimum atomic E-state index is -0.243. The molecule has 1 atom stereocenters. The van der Waals surface area contributed by atoms with Gasteiger partial charge in [0.2, 0.25) is 0 Å². The zero-order chi connectivity index (χ0) is 13.0. The van der Waals surface area contributed by atoms with Crippen LogP contribution in [-0.4, -0.2) is 43.2 Å². The minimum absolute atomic E-state index is 0.173. The Morgan fingerprint density at radius 1 is 1.67 bits per heavy atom. The van der Waals surface area contributed by atoms with Crippen molar-refractivity contribution in [3.05, 3.63) is 24.0 Å². The molecule has 2 rings (SSSR count). The highest BCUT2D eigenvalue weighted by Gasteiger charge is 2.26. The van der Waals surface area contributed by atoms with E-state index in [4.69, 9.17) is 4.74 Å². The summed E-state index contributed by atoms with van der Waals surface area (Å²) in [5, 5.41) is 3.19. The highest BCUT2D eigenvalue weighted by molar-refractivity contribution is 5.77. The van der Waals surface area contributed by atoms with E-state index in [2.05, 4.69) is 15.2 Å². The molecule has 1 aromatic heterocycles. The van der Waals surface area contributed by atoms with E-state index in [0.29, 0.717) is 13.2 Å². The lowest BCUT2D eigenvalue weighted by atomic mass is 10.2. The third-order valence-corrected chi connectivity index (χ3v) is 2.99. The number of aromatic nitrogens is 1. The van der Waals surface area contributed by atoms with Gasteiger partial charge in [0.25, 0.3) is 0 Å². The van der Waals surface area contributed by atoms with E-state index in [1.807, 2.05) is 26.0 Å². The summed E-state index contributed by atoms with van der Waals surface area (Å²) in [5.74, 6) is -0.173. The first-order chi connectivity index (χ1) is 8.70. The predicted molar refractivity (Wildman–Crippen MR) is 69.6 cm³/mol. The maximum absolute atomic E-state index is 11.7. The Bertz CT molecular complexity index is 422. The molecule has 1 aliphatic heterocycles. The van der Waals surface area contributed by atoms with Crippen molar-refractivity contribution < 1.29 is 9.53 Å². The second-order valence-corrected chi connectivity index (χ2v) is 4.36. The monoisotopic (exact) mass is 249 g/mol. The number of rotatable bonds is 3. The lowest BCUT2D eigenvalue weighted by Gasteiger charge is -2.34. The van der Waals surface area contributed by atoms with E-state index in [-0.39, 0.29) is 12.0 Å². The summed E-state index contributed by atoms with van der Waals surface area (Å²) in [7, 11) is 0. The van der Waals surface area contributed by atoms with Crippen LogP contribution in [0.2, 0.25) is 0 Å². The van der Waals surface area contributed by atoms with Gasteiger partial charge in [0.05, 0.1) is 6.61 Å². The number of piperazine rings is 1. The van der Waals surface area contributed by atoms with Gasteiger partial charge in [-0.25, -0.2) is 0 Å². The number of hydrogen-bond acceptors (Lipinski definition) is 5. The molecule has 2 heterocycles. The fourth-order valence-electron chi connectivity index (χ4n) is 2.11. The van der Waals surface area contributed by atoms with Crippen LogP contribution in [0.3, 0.4) is 0 Å². The first-order valence-corrected chi connectivity index (χ1v) is 6.28. The number of nitrogens with one attached hydrogen (secondary N) is 1. The molecule has 0 radical (unpaired) electrons. The maximum Gasteiger partial charge on any atom is 0.324 e. The number of ether oxygens (including phenoxy) is 1. The van der Waals surface area contributed by atoms with Crippen LogP contribution >= 0.6 is 0 Å². The molecule has 5 heteroatoms. The van der Waals surface area contributed by atoms with E-state index in [1.165, 1.54) is 0 Å². The largest absolute Gasteiger partial charge is 0.465 e. The number of anilines is 1. The van der Waals surface area contributed by atoms with Gasteiger partial charge in [-0.2, -0.15) is 0 Å². The smallest absolute Gasteiger partial charge is 0.324 e. The molecule has 1 aliphatic rings. The molecule has 98 valence electrons. The number of carbonyl (C=O) groups excluding carboxylic acids is 1. The first kappa shape index (κ1) is 12.8. The van der Waals surface area contributed by atoms with Gasteiger partial charge in [-0.15, -0.1) is 0 Å². The number of nitrogens with zero attached hydrogens (tertiary/aromatic N) is 2. The molecule has 1 N–H and O–H groups in total. The second-order valence-electron chi connectivity index (χ2n) is 4.36. The quantitative estimate of drug-likeness (QED) is 0.800. The summed E-state index contributed by atoms with van der Waals surface area (Å²) in [5.41, 5.74) is 2.09. The van der Waals surface area contributed by atoms with Crippen molar-refractivity contribution in [2.24, 2.45) is 0 Å². The van der Waals surface area contributed by atoms with E-state index in [0.717, 1.165) is 24.5 Å². The van der Waals surface area contributed by atoms with Gasteiger partial charge in [-0.3, -0.25) is 9.78 Å². The summed E-state index contributed by atoms with van der Waals surface area (Å²) in [6.45, 7) is 6.52. The fraction of sp³-hybridized carbons (Fsp3) is 0.538. The summed E-state index contributed by atoms with van der Waals surface area (Å²) in [6, 6.07) is 3.76. The van der Waals surface area contributed by atoms with Gasteiger partial charge in [-0.1, -0.05) is 0 Å². The molecule has 0 amide bonds. The third-order valence-electron chi connectivity index (χ3n) is 2.99. The number of hydrogen-bond donors (Lipinski definition) is 1. The zero-order valence-corrected chi connectivity index (χ0v) is 10.8. The lowest BCUT2D eigenvalue weighted by Crippen LogP contribution is -2.54. The van der Waals surface area contributed by atoms with Crippen molar-refractivity contribution in [1.29, 1.82) is 0 Å². The fourth-order valence-corrected chi connectivity index (χ4v) is 2.11. The number of aryl methyl sites for hydroxylation is 1. The van der Waals surface area contributed by atoms with Gasteiger partial charge in [0.15, 0.2) is 0 Å². The Balaban J connectivity index is 2.04. The lowest BCUT2D eigenvalue weighted by molar-refractivity contribution is -0.145. The molecule has 18 heavy (non-hydrogen) atoms. The molecule has 0 saturated carbocycles. The van der Waals surface area contributed by atoms with Crippen molar-refractivity contribution in [3.8, 4) is 0 Å². The number of carbonyl (C=O) groups is 1. The zero-order valence-electron chi connectivity index (χ0n) is 10.8. The maximum atomic E-state index is 11.7. The number of pyridine rings is 1. The van der Waals surface area contributed by atoms with Crippen LogP contribution in [0.25, 0.3) is 0 Å². The van der Waals surface area contributed by atoms with E-state index < -0.39 is 0 Å². The standard InChI is InChI=1S/C13H19N3O2/c1-3-18-13(17)12-9-16(7-6-15-12)11-4-5-14-10(2)8-11/h4-5,8,12,15H,3,6-7,9H2,1-2H3. The van der Waals surface area contributed by atoms with Gasteiger partial charge in [0.1, 0.15) is 6.04 Å². The molecule has 1 aromatic rings. The van der Waals surface area contributed by atoms with Gasteiger partial charge < -0.3 is 15.0 Å². The highest BCUT2D eigenvalue weighted by Crippen LogP contribution is 2.16. The molecule has 1 fully saturated rings. The predicted octanol–water partition coefficient (Wildman–Crippen LogP) is 0.731. The summed E-state index contributed by atoms with van der Waals surface area (Å²) < 4.78 is 5.05. The van der Waals surface area contributed by atoms with E-state index in [1.54, 1.807) is 6.20 Å². The summed E-state index contributed by atoms with van der Waals surface area (Å²) >= 11 is 0. The SMILES string of the molecule is CCOC(=O)C1CN(c2ccnc(C)c2)CCN1. The van der Waals surface area contributed by atoms with Crippen LogP contribution in [0.15, 0.2) is 18.3 Å². The Labute approximate surface area is 107 Å². The van der Waals surface area contributed by atoms with Crippen LogP contribution in [-0.2, 0) is 9.53 Å². The second kappa shape index (κ2) is 5.82. The van der Waals surface area contributed by atoms with E-state index >= 15 is 0 Å². The van der Waals surface area contributed by atoms with Crippen LogP contribution in [0, 0.1) is 6.92 Å². The van der Waals surface area contributed by atoms with Gasteiger partial charge in [0, 0.05) is 37.2 Å². The molecule has 1 saturated heterocycles. The molecule has 0 aromatic carbocycles. The average Bonchev–Trinajstić information content (AvgIpc) is 2.39. The van der Waals surface area contributed by atoms with Gasteiger partial charge in [-0.05, 0) is 26.0 Å². The Morgan fingerprint density at radius 3 is 3.22 bits per heavy atom. The Hall–Kier alpha value is -1.62. The van der Waals surface area contributed by atoms with Crippen molar-refractivity contribution in [2.75, 3.05) is 31.1 Å². The molecule has 0 spiro atoms. The summed E-state index contributed by atoms with van der Waals surface area (Å²) in [4.78, 5) is 18.1.